The highest BCUT2D eigenvalue weighted by molar-refractivity contribution is 5.81. The molecule has 1 amide bonds. The number of piperidine rings is 1. The molecule has 1 fully saturated rings. The molecular weight excluding hydrogens is 392 g/mol. The number of aryl methyl sites for hydroxylation is 1. The maximum atomic E-state index is 13.1. The molecule has 7 nitrogen and oxygen atoms in total. The zero-order chi connectivity index (χ0) is 22.0. The van der Waals surface area contributed by atoms with Crippen LogP contribution in [0.15, 0.2) is 42.5 Å². The number of imidazole rings is 1. The van der Waals surface area contributed by atoms with Crippen LogP contribution >= 0.6 is 0 Å². The van der Waals surface area contributed by atoms with Crippen LogP contribution in [0.5, 0.6) is 11.5 Å². The van der Waals surface area contributed by atoms with Crippen LogP contribution in [0.4, 0.5) is 5.95 Å². The quantitative estimate of drug-likeness (QED) is 0.656. The van der Waals surface area contributed by atoms with Crippen LogP contribution < -0.4 is 19.7 Å². The summed E-state index contributed by atoms with van der Waals surface area (Å²) >= 11 is 0. The predicted molar refractivity (Wildman–Crippen MR) is 122 cm³/mol. The SMILES string of the molecule is COc1ccc(OC)c([C@H](C)NC(=O)[C@@H]2CCCN(c3nc4ccccc4n3C)C2)c1. The van der Waals surface area contributed by atoms with E-state index in [1.165, 1.54) is 0 Å². The highest BCUT2D eigenvalue weighted by Crippen LogP contribution is 2.30. The normalized spacial score (nSPS) is 17.4. The van der Waals surface area contributed by atoms with E-state index in [0.717, 1.165) is 53.4 Å². The summed E-state index contributed by atoms with van der Waals surface area (Å²) in [5.41, 5.74) is 2.98. The smallest absolute Gasteiger partial charge is 0.225 e. The van der Waals surface area contributed by atoms with E-state index in [2.05, 4.69) is 20.9 Å². The van der Waals surface area contributed by atoms with Crippen LogP contribution in [-0.4, -0.2) is 42.8 Å². The molecule has 4 rings (SSSR count). The van der Waals surface area contributed by atoms with Gasteiger partial charge in [0.25, 0.3) is 0 Å². The number of para-hydroxylation sites is 2. The third-order valence-corrected chi connectivity index (χ3v) is 6.10. The van der Waals surface area contributed by atoms with Crippen molar-refractivity contribution in [3.05, 3.63) is 48.0 Å². The van der Waals surface area contributed by atoms with Crippen LogP contribution in [0.3, 0.4) is 0 Å². The van der Waals surface area contributed by atoms with Crippen molar-refractivity contribution in [3.63, 3.8) is 0 Å². The zero-order valence-electron chi connectivity index (χ0n) is 18.6. The van der Waals surface area contributed by atoms with Crippen LogP contribution in [0.2, 0.25) is 0 Å². The number of carbonyl (C=O) groups is 1. The van der Waals surface area contributed by atoms with E-state index >= 15 is 0 Å². The Hall–Kier alpha value is -3.22. The lowest BCUT2D eigenvalue weighted by Gasteiger charge is -2.33. The number of fused-ring (bicyclic) bond motifs is 1. The van der Waals surface area contributed by atoms with Gasteiger partial charge in [-0.2, -0.15) is 0 Å². The number of methoxy groups -OCH3 is 2. The monoisotopic (exact) mass is 422 g/mol. The largest absolute Gasteiger partial charge is 0.497 e. The fourth-order valence-electron chi connectivity index (χ4n) is 4.38. The van der Waals surface area contributed by atoms with E-state index in [4.69, 9.17) is 14.5 Å². The Balaban J connectivity index is 1.48. The Morgan fingerprint density at radius 2 is 2.00 bits per heavy atom. The van der Waals surface area contributed by atoms with Crippen molar-refractivity contribution < 1.29 is 14.3 Å². The molecule has 0 bridgehead atoms. The van der Waals surface area contributed by atoms with Crippen molar-refractivity contribution in [2.45, 2.75) is 25.8 Å². The molecule has 2 aromatic carbocycles. The molecule has 1 aliphatic rings. The molecule has 2 atom stereocenters. The second-order valence-corrected chi connectivity index (χ2v) is 8.08. The molecule has 0 unspecified atom stereocenters. The predicted octanol–water partition coefficient (Wildman–Crippen LogP) is 3.68. The van der Waals surface area contributed by atoms with Gasteiger partial charge >= 0.3 is 0 Å². The van der Waals surface area contributed by atoms with Gasteiger partial charge in [0.1, 0.15) is 11.5 Å². The van der Waals surface area contributed by atoms with Gasteiger partial charge in [0, 0.05) is 25.7 Å². The first kappa shape index (κ1) is 21.0. The van der Waals surface area contributed by atoms with Crippen molar-refractivity contribution in [1.82, 2.24) is 14.9 Å². The third kappa shape index (κ3) is 4.17. The van der Waals surface area contributed by atoms with E-state index in [9.17, 15) is 4.79 Å². The number of nitrogens with zero attached hydrogens (tertiary/aromatic N) is 3. The Morgan fingerprint density at radius 3 is 2.74 bits per heavy atom. The summed E-state index contributed by atoms with van der Waals surface area (Å²) in [6.07, 6.45) is 1.83. The highest BCUT2D eigenvalue weighted by Gasteiger charge is 2.29. The molecule has 7 heteroatoms. The minimum absolute atomic E-state index is 0.0563. The Morgan fingerprint density at radius 1 is 1.19 bits per heavy atom. The number of ether oxygens (including phenoxy) is 2. The number of anilines is 1. The van der Waals surface area contributed by atoms with Gasteiger partial charge in [0.15, 0.2) is 0 Å². The molecule has 1 N–H and O–H groups in total. The summed E-state index contributed by atoms with van der Waals surface area (Å²) in [5.74, 6) is 2.36. The number of amides is 1. The lowest BCUT2D eigenvalue weighted by Crippen LogP contribution is -2.44. The Kier molecular flexibility index (Phi) is 6.02. The van der Waals surface area contributed by atoms with Gasteiger partial charge in [0.05, 0.1) is 37.2 Å². The molecule has 0 aliphatic carbocycles. The molecule has 1 aromatic heterocycles. The van der Waals surface area contributed by atoms with Crippen LogP contribution in [0.25, 0.3) is 11.0 Å². The van der Waals surface area contributed by atoms with E-state index in [-0.39, 0.29) is 17.9 Å². The fraction of sp³-hybridized carbons (Fsp3) is 0.417. The lowest BCUT2D eigenvalue weighted by molar-refractivity contribution is -0.125. The first-order valence-electron chi connectivity index (χ1n) is 10.7. The molecular formula is C24H30N4O3. The first-order chi connectivity index (χ1) is 15.0. The second kappa shape index (κ2) is 8.88. The number of rotatable bonds is 6. The van der Waals surface area contributed by atoms with E-state index < -0.39 is 0 Å². The van der Waals surface area contributed by atoms with E-state index in [1.54, 1.807) is 14.2 Å². The van der Waals surface area contributed by atoms with E-state index in [0.29, 0.717) is 6.54 Å². The van der Waals surface area contributed by atoms with Crippen molar-refractivity contribution in [1.29, 1.82) is 0 Å². The molecule has 31 heavy (non-hydrogen) atoms. The second-order valence-electron chi connectivity index (χ2n) is 8.08. The first-order valence-corrected chi connectivity index (χ1v) is 10.7. The van der Waals surface area contributed by atoms with Crippen molar-refractivity contribution in [2.24, 2.45) is 13.0 Å². The summed E-state index contributed by atoms with van der Waals surface area (Å²) in [5, 5.41) is 3.18. The molecule has 164 valence electrons. The number of nitrogens with one attached hydrogen (secondary N) is 1. The maximum Gasteiger partial charge on any atom is 0.225 e. The average molecular weight is 423 g/mol. The Bertz CT molecular complexity index is 1080. The number of carbonyl (C=O) groups excluding carboxylic acids is 1. The molecule has 1 saturated heterocycles. The van der Waals surface area contributed by atoms with Crippen LogP contribution in [0, 0.1) is 5.92 Å². The molecule has 0 spiro atoms. The van der Waals surface area contributed by atoms with Crippen LogP contribution in [0.1, 0.15) is 31.4 Å². The van der Waals surface area contributed by atoms with Crippen molar-refractivity contribution in [2.75, 3.05) is 32.2 Å². The number of hydrogen-bond donors (Lipinski definition) is 1. The molecule has 3 aromatic rings. The summed E-state index contributed by atoms with van der Waals surface area (Å²) < 4.78 is 12.9. The molecule has 1 aliphatic heterocycles. The maximum absolute atomic E-state index is 13.1. The van der Waals surface area contributed by atoms with Gasteiger partial charge in [-0.3, -0.25) is 4.79 Å². The van der Waals surface area contributed by atoms with Gasteiger partial charge in [0.2, 0.25) is 11.9 Å². The third-order valence-electron chi connectivity index (χ3n) is 6.10. The lowest BCUT2D eigenvalue weighted by atomic mass is 9.96. The fourth-order valence-corrected chi connectivity index (χ4v) is 4.38. The summed E-state index contributed by atoms with van der Waals surface area (Å²) in [6, 6.07) is 13.6. The van der Waals surface area contributed by atoms with Gasteiger partial charge in [-0.25, -0.2) is 4.98 Å². The van der Waals surface area contributed by atoms with Crippen molar-refractivity contribution >= 4 is 22.9 Å². The summed E-state index contributed by atoms with van der Waals surface area (Å²) in [6.45, 7) is 3.53. The number of hydrogen-bond acceptors (Lipinski definition) is 5. The highest BCUT2D eigenvalue weighted by atomic mass is 16.5. The molecule has 0 saturated carbocycles. The van der Waals surface area contributed by atoms with Gasteiger partial charge in [-0.1, -0.05) is 12.1 Å². The topological polar surface area (TPSA) is 68.6 Å². The van der Waals surface area contributed by atoms with Gasteiger partial charge in [-0.15, -0.1) is 0 Å². The minimum Gasteiger partial charge on any atom is -0.497 e. The van der Waals surface area contributed by atoms with E-state index in [1.807, 2.05) is 50.4 Å². The van der Waals surface area contributed by atoms with Crippen molar-refractivity contribution in [3.8, 4) is 11.5 Å². The summed E-state index contributed by atoms with van der Waals surface area (Å²) in [4.78, 5) is 20.2. The van der Waals surface area contributed by atoms with Crippen LogP contribution in [-0.2, 0) is 11.8 Å². The summed E-state index contributed by atoms with van der Waals surface area (Å²) in [7, 11) is 5.30. The standard InChI is InChI=1S/C24H30N4O3/c1-16(19-14-18(30-3)11-12-22(19)31-4)25-23(29)17-8-7-13-28(15-17)24-26-20-9-5-6-10-21(20)27(24)2/h5-6,9-12,14,16-17H,7-8,13,15H2,1-4H3,(H,25,29)/t16-,17+/m0/s1. The average Bonchev–Trinajstić information content (AvgIpc) is 3.15. The van der Waals surface area contributed by atoms with Gasteiger partial charge < -0.3 is 24.3 Å². The molecule has 2 heterocycles. The number of aromatic nitrogens is 2. The minimum atomic E-state index is -0.191. The van der Waals surface area contributed by atoms with Gasteiger partial charge in [-0.05, 0) is 50.1 Å². The zero-order valence-corrected chi connectivity index (χ0v) is 18.6. The molecule has 0 radical (unpaired) electrons. The number of benzene rings is 2. The Labute approximate surface area is 183 Å².